The number of aromatic nitrogens is 3. The van der Waals surface area contributed by atoms with Gasteiger partial charge in [-0.3, -0.25) is 9.67 Å². The summed E-state index contributed by atoms with van der Waals surface area (Å²) < 4.78 is 3.19. The lowest BCUT2D eigenvalue weighted by atomic mass is 10.2. The van der Waals surface area contributed by atoms with Gasteiger partial charge in [0.05, 0.1) is 21.6 Å². The third-order valence-electron chi connectivity index (χ3n) is 3.40. The summed E-state index contributed by atoms with van der Waals surface area (Å²) in [7, 11) is 0. The van der Waals surface area contributed by atoms with Crippen LogP contribution in [0.4, 0.5) is 0 Å². The van der Waals surface area contributed by atoms with Crippen molar-refractivity contribution in [2.75, 3.05) is 0 Å². The molecule has 0 saturated heterocycles. The van der Waals surface area contributed by atoms with E-state index in [4.69, 9.17) is 0 Å². The van der Waals surface area contributed by atoms with Crippen LogP contribution in [0.3, 0.4) is 0 Å². The number of pyridine rings is 1. The molecule has 2 rings (SSSR count). The van der Waals surface area contributed by atoms with Gasteiger partial charge in [0.2, 0.25) is 0 Å². The summed E-state index contributed by atoms with van der Waals surface area (Å²) in [6.07, 6.45) is 2.78. The first-order valence-electron chi connectivity index (χ1n) is 7.02. The lowest BCUT2D eigenvalue weighted by molar-refractivity contribution is 0.573. The molecule has 2 aromatic rings. The van der Waals surface area contributed by atoms with Crippen LogP contribution in [-0.2, 0) is 26.1 Å². The van der Waals surface area contributed by atoms with Gasteiger partial charge in [0.1, 0.15) is 0 Å². The highest BCUT2D eigenvalue weighted by molar-refractivity contribution is 9.10. The quantitative estimate of drug-likeness (QED) is 0.880. The van der Waals surface area contributed by atoms with Crippen molar-refractivity contribution in [3.63, 3.8) is 0 Å². The number of nitrogens with zero attached hydrogens (tertiary/aromatic N) is 3. The van der Waals surface area contributed by atoms with Gasteiger partial charge in [-0.2, -0.15) is 5.10 Å². The van der Waals surface area contributed by atoms with Crippen molar-refractivity contribution >= 4 is 15.9 Å². The second-order valence-electron chi connectivity index (χ2n) is 4.75. The van der Waals surface area contributed by atoms with E-state index in [0.717, 1.165) is 41.9 Å². The molecular formula is C15H21BrN4. The number of halogens is 1. The topological polar surface area (TPSA) is 42.7 Å². The van der Waals surface area contributed by atoms with Gasteiger partial charge in [0.25, 0.3) is 0 Å². The molecule has 2 heterocycles. The zero-order valence-corrected chi connectivity index (χ0v) is 13.9. The Kier molecular flexibility index (Phi) is 5.31. The maximum Gasteiger partial charge on any atom is 0.0767 e. The molecule has 0 amide bonds. The summed E-state index contributed by atoms with van der Waals surface area (Å²) >= 11 is 3.67. The van der Waals surface area contributed by atoms with Crippen LogP contribution >= 0.6 is 15.9 Å². The lowest BCUT2D eigenvalue weighted by Crippen LogP contribution is -2.17. The maximum absolute atomic E-state index is 4.60. The number of nitrogens with one attached hydrogen (secondary N) is 1. The van der Waals surface area contributed by atoms with E-state index < -0.39 is 0 Å². The minimum Gasteiger partial charge on any atom is -0.305 e. The Labute approximate surface area is 128 Å². The van der Waals surface area contributed by atoms with Gasteiger partial charge in [-0.25, -0.2) is 0 Å². The minimum atomic E-state index is 0.773. The van der Waals surface area contributed by atoms with Crippen LogP contribution in [0.2, 0.25) is 0 Å². The van der Waals surface area contributed by atoms with Crippen LogP contribution in [0.25, 0.3) is 0 Å². The normalized spacial score (nSPS) is 11.0. The van der Waals surface area contributed by atoms with E-state index in [0.29, 0.717) is 0 Å². The van der Waals surface area contributed by atoms with E-state index in [9.17, 15) is 0 Å². The molecule has 2 aromatic heterocycles. The Hall–Kier alpha value is -1.20. The van der Waals surface area contributed by atoms with Gasteiger partial charge in [-0.05, 0) is 47.8 Å². The molecule has 0 unspecified atom stereocenters. The third kappa shape index (κ3) is 3.27. The van der Waals surface area contributed by atoms with Crippen LogP contribution in [0.5, 0.6) is 0 Å². The van der Waals surface area contributed by atoms with Gasteiger partial charge in [-0.1, -0.05) is 13.0 Å². The van der Waals surface area contributed by atoms with Gasteiger partial charge in [0, 0.05) is 25.8 Å². The SMILES string of the molecule is CCc1nn(CC)c(CNCc2ncccc2C)c1Br. The Morgan fingerprint density at radius 3 is 2.70 bits per heavy atom. The van der Waals surface area contributed by atoms with Gasteiger partial charge in [-0.15, -0.1) is 0 Å². The van der Waals surface area contributed by atoms with Gasteiger partial charge >= 0.3 is 0 Å². The smallest absolute Gasteiger partial charge is 0.0767 e. The summed E-state index contributed by atoms with van der Waals surface area (Å²) in [5.41, 5.74) is 4.65. The molecule has 1 N–H and O–H groups in total. The van der Waals surface area contributed by atoms with E-state index in [1.165, 1.54) is 11.3 Å². The summed E-state index contributed by atoms with van der Waals surface area (Å²) in [5.74, 6) is 0. The Morgan fingerprint density at radius 2 is 2.05 bits per heavy atom. The van der Waals surface area contributed by atoms with Crippen LogP contribution in [0.1, 0.15) is 36.5 Å². The molecule has 4 nitrogen and oxygen atoms in total. The highest BCUT2D eigenvalue weighted by Gasteiger charge is 2.13. The average molecular weight is 337 g/mol. The highest BCUT2D eigenvalue weighted by atomic mass is 79.9. The molecule has 0 aliphatic rings. The first-order chi connectivity index (χ1) is 9.67. The number of hydrogen-bond donors (Lipinski definition) is 1. The zero-order valence-electron chi connectivity index (χ0n) is 12.3. The molecule has 0 saturated carbocycles. The summed E-state index contributed by atoms with van der Waals surface area (Å²) in [6, 6.07) is 4.06. The van der Waals surface area contributed by atoms with Crippen molar-refractivity contribution in [3.8, 4) is 0 Å². The van der Waals surface area contributed by atoms with Crippen molar-refractivity contribution in [2.24, 2.45) is 0 Å². The molecular weight excluding hydrogens is 316 g/mol. The molecule has 0 aliphatic carbocycles. The van der Waals surface area contributed by atoms with E-state index >= 15 is 0 Å². The Bertz CT molecular complexity index is 577. The summed E-state index contributed by atoms with van der Waals surface area (Å²) in [6.45, 7) is 8.78. The van der Waals surface area contributed by atoms with Crippen molar-refractivity contribution < 1.29 is 0 Å². The van der Waals surface area contributed by atoms with Crippen LogP contribution in [0.15, 0.2) is 22.8 Å². The molecule has 0 bridgehead atoms. The molecule has 20 heavy (non-hydrogen) atoms. The van der Waals surface area contributed by atoms with Crippen LogP contribution in [-0.4, -0.2) is 14.8 Å². The molecule has 5 heteroatoms. The molecule has 0 atom stereocenters. The molecule has 108 valence electrons. The fraction of sp³-hybridized carbons (Fsp3) is 0.467. The van der Waals surface area contributed by atoms with E-state index in [2.05, 4.69) is 62.8 Å². The molecule has 0 aromatic carbocycles. The predicted octanol–water partition coefficient (Wildman–Crippen LogP) is 3.22. The van der Waals surface area contributed by atoms with Crippen molar-refractivity contribution in [1.29, 1.82) is 0 Å². The lowest BCUT2D eigenvalue weighted by Gasteiger charge is -2.08. The number of rotatable bonds is 6. The minimum absolute atomic E-state index is 0.773. The monoisotopic (exact) mass is 336 g/mol. The highest BCUT2D eigenvalue weighted by Crippen LogP contribution is 2.22. The van der Waals surface area contributed by atoms with E-state index in [-0.39, 0.29) is 0 Å². The summed E-state index contributed by atoms with van der Waals surface area (Å²) in [5, 5.41) is 8.06. The summed E-state index contributed by atoms with van der Waals surface area (Å²) in [4.78, 5) is 4.40. The van der Waals surface area contributed by atoms with E-state index in [1.807, 2.05) is 12.3 Å². The third-order valence-corrected chi connectivity index (χ3v) is 4.31. The second-order valence-corrected chi connectivity index (χ2v) is 5.54. The van der Waals surface area contributed by atoms with Crippen molar-refractivity contribution in [2.45, 2.75) is 46.8 Å². The van der Waals surface area contributed by atoms with Crippen molar-refractivity contribution in [3.05, 3.63) is 45.4 Å². The van der Waals surface area contributed by atoms with E-state index in [1.54, 1.807) is 0 Å². The average Bonchev–Trinajstić information content (AvgIpc) is 2.77. The fourth-order valence-corrected chi connectivity index (χ4v) is 2.89. The first-order valence-corrected chi connectivity index (χ1v) is 7.81. The Morgan fingerprint density at radius 1 is 1.25 bits per heavy atom. The second kappa shape index (κ2) is 6.99. The molecule has 0 fully saturated rings. The zero-order chi connectivity index (χ0) is 14.5. The van der Waals surface area contributed by atoms with Crippen LogP contribution < -0.4 is 5.32 Å². The standard InChI is InChI=1S/C15H21BrN4/c1-4-12-15(16)14(20(5-2)19-12)10-17-9-13-11(3)7-6-8-18-13/h6-8,17H,4-5,9-10H2,1-3H3. The number of hydrogen-bond acceptors (Lipinski definition) is 3. The maximum atomic E-state index is 4.60. The fourth-order valence-electron chi connectivity index (χ4n) is 2.19. The largest absolute Gasteiger partial charge is 0.305 e. The molecule has 0 radical (unpaired) electrons. The van der Waals surface area contributed by atoms with Crippen LogP contribution in [0, 0.1) is 6.92 Å². The first kappa shape index (κ1) is 15.2. The number of aryl methyl sites for hydroxylation is 3. The molecule has 0 spiro atoms. The Balaban J connectivity index is 2.04. The molecule has 0 aliphatic heterocycles. The van der Waals surface area contributed by atoms with Gasteiger partial charge in [0.15, 0.2) is 0 Å². The van der Waals surface area contributed by atoms with Gasteiger partial charge < -0.3 is 5.32 Å². The predicted molar refractivity (Wildman–Crippen MR) is 84.5 cm³/mol. The van der Waals surface area contributed by atoms with Crippen molar-refractivity contribution in [1.82, 2.24) is 20.1 Å².